The normalized spacial score (nSPS) is 26.9. The molecule has 0 aromatic rings. The first kappa shape index (κ1) is 6.55. The molecule has 1 atom stereocenters. The molecule has 1 radical (unpaired) electrons. The summed E-state index contributed by atoms with van der Waals surface area (Å²) in [4.78, 5) is 12.0. The van der Waals surface area contributed by atoms with E-state index in [9.17, 15) is 4.79 Å². The summed E-state index contributed by atoms with van der Waals surface area (Å²) in [6.07, 6.45) is 0.372. The largest absolute Gasteiger partial charge is 0.391 e. The monoisotopic (exact) mass is 128 g/mol. The summed E-state index contributed by atoms with van der Waals surface area (Å²) in [6, 6.07) is 0. The van der Waals surface area contributed by atoms with Gasteiger partial charge in [0.2, 0.25) is 5.91 Å². The van der Waals surface area contributed by atoms with E-state index in [4.69, 9.17) is 5.11 Å². The van der Waals surface area contributed by atoms with Crippen molar-refractivity contribution in [2.45, 2.75) is 12.5 Å². The highest BCUT2D eigenvalue weighted by Crippen LogP contribution is 2.07. The molecule has 1 unspecified atom stereocenters. The molecular weight excluding hydrogens is 118 g/mol. The maximum Gasteiger partial charge on any atom is 0.223 e. The third kappa shape index (κ3) is 1.42. The Hall–Kier alpha value is -0.570. The number of likely N-dealkylation sites (tertiary alicyclic amines) is 1. The topological polar surface area (TPSA) is 40.5 Å². The van der Waals surface area contributed by atoms with Gasteiger partial charge in [-0.15, -0.1) is 0 Å². The van der Waals surface area contributed by atoms with Crippen LogP contribution in [0.25, 0.3) is 0 Å². The zero-order valence-corrected chi connectivity index (χ0v) is 5.21. The maximum atomic E-state index is 10.5. The van der Waals surface area contributed by atoms with Crippen LogP contribution in [-0.4, -0.2) is 35.1 Å². The van der Waals surface area contributed by atoms with Crippen molar-refractivity contribution in [3.63, 3.8) is 0 Å². The molecule has 1 rings (SSSR count). The summed E-state index contributed by atoms with van der Waals surface area (Å²) in [6.45, 7) is 4.35. The summed E-state index contributed by atoms with van der Waals surface area (Å²) >= 11 is 0. The van der Waals surface area contributed by atoms with Crippen LogP contribution in [0.4, 0.5) is 0 Å². The molecule has 9 heavy (non-hydrogen) atoms. The molecule has 0 saturated carbocycles. The Morgan fingerprint density at radius 1 is 1.78 bits per heavy atom. The predicted octanol–water partition coefficient (Wildman–Crippen LogP) is -0.586. The molecule has 0 aromatic heterocycles. The van der Waals surface area contributed by atoms with Gasteiger partial charge in [0.25, 0.3) is 0 Å². The number of hydrogen-bond donors (Lipinski definition) is 1. The molecule has 0 aliphatic carbocycles. The van der Waals surface area contributed by atoms with Crippen LogP contribution in [0.5, 0.6) is 0 Å². The van der Waals surface area contributed by atoms with E-state index in [0.717, 1.165) is 0 Å². The summed E-state index contributed by atoms with van der Waals surface area (Å²) in [5.74, 6) is -0.188. The van der Waals surface area contributed by atoms with Crippen LogP contribution in [0.1, 0.15) is 6.42 Å². The standard InChI is InChI=1S/C6H10NO2/c1-5(8)7-3-2-6(9)4-7/h6,9H,1-4H2. The molecule has 1 fully saturated rings. The molecule has 0 aromatic carbocycles. The Labute approximate surface area is 54.3 Å². The number of nitrogens with zero attached hydrogens (tertiary/aromatic N) is 1. The Kier molecular flexibility index (Phi) is 1.71. The third-order valence-corrected chi connectivity index (χ3v) is 1.52. The van der Waals surface area contributed by atoms with Gasteiger partial charge in [-0.1, -0.05) is 0 Å². The Bertz CT molecular complexity index is 124. The minimum Gasteiger partial charge on any atom is -0.391 e. The number of hydrogen-bond acceptors (Lipinski definition) is 2. The highest BCUT2D eigenvalue weighted by Gasteiger charge is 2.21. The lowest BCUT2D eigenvalue weighted by atomic mass is 10.3. The van der Waals surface area contributed by atoms with E-state index in [1.807, 2.05) is 0 Å². The van der Waals surface area contributed by atoms with Crippen molar-refractivity contribution in [3.05, 3.63) is 6.92 Å². The maximum absolute atomic E-state index is 10.5. The SMILES string of the molecule is [CH2]C(=O)N1CCC(O)C1. The van der Waals surface area contributed by atoms with Gasteiger partial charge in [-0.05, 0) is 6.42 Å². The van der Waals surface area contributed by atoms with E-state index >= 15 is 0 Å². The van der Waals surface area contributed by atoms with Crippen molar-refractivity contribution in [1.82, 2.24) is 4.90 Å². The molecule has 51 valence electrons. The fourth-order valence-corrected chi connectivity index (χ4v) is 0.968. The minimum atomic E-state index is -0.323. The van der Waals surface area contributed by atoms with Gasteiger partial charge in [0, 0.05) is 20.0 Å². The van der Waals surface area contributed by atoms with Crippen LogP contribution in [0.2, 0.25) is 0 Å². The minimum absolute atomic E-state index is 0.188. The molecule has 3 heteroatoms. The molecule has 0 bridgehead atoms. The number of β-amino-alcohol motifs (C(OH)–C–C–N with tert-alkyl or cyclic N) is 1. The lowest BCUT2D eigenvalue weighted by Gasteiger charge is -2.10. The first-order valence-electron chi connectivity index (χ1n) is 2.99. The van der Waals surface area contributed by atoms with Gasteiger partial charge >= 0.3 is 0 Å². The van der Waals surface area contributed by atoms with Crippen molar-refractivity contribution in [2.75, 3.05) is 13.1 Å². The number of aliphatic hydroxyl groups is 1. The second-order valence-electron chi connectivity index (χ2n) is 2.28. The van der Waals surface area contributed by atoms with Gasteiger partial charge in [0.15, 0.2) is 0 Å². The van der Waals surface area contributed by atoms with Crippen LogP contribution in [0.3, 0.4) is 0 Å². The van der Waals surface area contributed by atoms with E-state index in [-0.39, 0.29) is 12.0 Å². The fourth-order valence-electron chi connectivity index (χ4n) is 0.968. The van der Waals surface area contributed by atoms with Gasteiger partial charge in [0.1, 0.15) is 0 Å². The van der Waals surface area contributed by atoms with Crippen LogP contribution < -0.4 is 0 Å². The number of carbonyl (C=O) groups excluding carboxylic acids is 1. The Morgan fingerprint density at radius 2 is 2.44 bits per heavy atom. The average molecular weight is 128 g/mol. The summed E-state index contributed by atoms with van der Waals surface area (Å²) in [5, 5.41) is 8.93. The summed E-state index contributed by atoms with van der Waals surface area (Å²) < 4.78 is 0. The van der Waals surface area contributed by atoms with Crippen molar-refractivity contribution in [2.24, 2.45) is 0 Å². The lowest BCUT2D eigenvalue weighted by Crippen LogP contribution is -2.26. The van der Waals surface area contributed by atoms with E-state index < -0.39 is 0 Å². The van der Waals surface area contributed by atoms with Gasteiger partial charge in [-0.25, -0.2) is 0 Å². The Morgan fingerprint density at radius 3 is 2.67 bits per heavy atom. The molecule has 0 spiro atoms. The molecule has 1 aliphatic heterocycles. The average Bonchev–Trinajstić information content (AvgIpc) is 2.14. The molecular formula is C6H10NO2. The van der Waals surface area contributed by atoms with Crippen LogP contribution in [0.15, 0.2) is 0 Å². The van der Waals surface area contributed by atoms with Crippen LogP contribution in [0, 0.1) is 6.92 Å². The number of carbonyl (C=O) groups is 1. The van der Waals surface area contributed by atoms with Crippen molar-refractivity contribution in [3.8, 4) is 0 Å². The highest BCUT2D eigenvalue weighted by molar-refractivity contribution is 5.80. The fraction of sp³-hybridized carbons (Fsp3) is 0.667. The van der Waals surface area contributed by atoms with E-state index in [0.29, 0.717) is 19.5 Å². The molecule has 1 heterocycles. The lowest BCUT2D eigenvalue weighted by molar-refractivity contribution is -0.125. The number of rotatable bonds is 0. The number of aliphatic hydroxyl groups excluding tert-OH is 1. The van der Waals surface area contributed by atoms with Gasteiger partial charge < -0.3 is 10.0 Å². The predicted molar refractivity (Wildman–Crippen MR) is 32.6 cm³/mol. The zero-order valence-electron chi connectivity index (χ0n) is 5.21. The second-order valence-corrected chi connectivity index (χ2v) is 2.28. The number of amides is 1. The molecule has 1 N–H and O–H groups in total. The van der Waals surface area contributed by atoms with Gasteiger partial charge in [-0.2, -0.15) is 0 Å². The van der Waals surface area contributed by atoms with E-state index in [2.05, 4.69) is 6.92 Å². The quantitative estimate of drug-likeness (QED) is 0.474. The van der Waals surface area contributed by atoms with Crippen LogP contribution in [-0.2, 0) is 4.79 Å². The molecule has 1 aliphatic rings. The van der Waals surface area contributed by atoms with Crippen molar-refractivity contribution < 1.29 is 9.90 Å². The van der Waals surface area contributed by atoms with Gasteiger partial charge in [0.05, 0.1) is 6.10 Å². The first-order chi connectivity index (χ1) is 4.20. The smallest absolute Gasteiger partial charge is 0.223 e. The first-order valence-corrected chi connectivity index (χ1v) is 2.99. The Balaban J connectivity index is 2.39. The molecule has 1 saturated heterocycles. The summed E-state index contributed by atoms with van der Waals surface area (Å²) in [7, 11) is 0. The summed E-state index contributed by atoms with van der Waals surface area (Å²) in [5.41, 5.74) is 0. The molecule has 3 nitrogen and oxygen atoms in total. The zero-order chi connectivity index (χ0) is 6.85. The molecule has 1 amide bonds. The van der Waals surface area contributed by atoms with Crippen molar-refractivity contribution >= 4 is 5.91 Å². The van der Waals surface area contributed by atoms with E-state index in [1.165, 1.54) is 0 Å². The van der Waals surface area contributed by atoms with Crippen LogP contribution >= 0.6 is 0 Å². The van der Waals surface area contributed by atoms with Crippen molar-refractivity contribution in [1.29, 1.82) is 0 Å². The second kappa shape index (κ2) is 2.35. The van der Waals surface area contributed by atoms with E-state index in [1.54, 1.807) is 4.90 Å². The van der Waals surface area contributed by atoms with Gasteiger partial charge in [-0.3, -0.25) is 4.79 Å². The highest BCUT2D eigenvalue weighted by atomic mass is 16.3. The third-order valence-electron chi connectivity index (χ3n) is 1.52.